The molecule has 2 aliphatic rings. The largest absolute Gasteiger partial charge is 0.390 e. The van der Waals surface area contributed by atoms with E-state index < -0.39 is 22.9 Å². The molecular weight excluding hydrogens is 512 g/mol. The first-order valence-electron chi connectivity index (χ1n) is 14.2. The van der Waals surface area contributed by atoms with Gasteiger partial charge in [-0.3, -0.25) is 18.2 Å². The Morgan fingerprint density at radius 1 is 1.15 bits per heavy atom. The maximum atomic E-state index is 13.6. The summed E-state index contributed by atoms with van der Waals surface area (Å²) in [5.74, 6) is 0.0303. The van der Waals surface area contributed by atoms with Crippen LogP contribution in [0.15, 0.2) is 48.5 Å². The predicted octanol–water partition coefficient (Wildman–Crippen LogP) is 5.25. The predicted molar refractivity (Wildman–Crippen MR) is 162 cm³/mol. The summed E-state index contributed by atoms with van der Waals surface area (Å²) in [5, 5.41) is 21.2. The average Bonchev–Trinajstić information content (AvgIpc) is 3.25. The smallest absolute Gasteiger partial charge is 0.251 e. The van der Waals surface area contributed by atoms with E-state index in [1.165, 1.54) is 0 Å². The third-order valence-corrected chi connectivity index (χ3v) is 9.83. The molecule has 3 atom stereocenters. The Bertz CT molecular complexity index is 1100. The van der Waals surface area contributed by atoms with Crippen LogP contribution >= 0.6 is 10.8 Å². The number of aliphatic hydroxyl groups is 1. The second-order valence-electron chi connectivity index (χ2n) is 11.8. The molecule has 9 heteroatoms. The van der Waals surface area contributed by atoms with E-state index in [1.807, 2.05) is 43.3 Å². The van der Waals surface area contributed by atoms with E-state index in [2.05, 4.69) is 29.8 Å². The van der Waals surface area contributed by atoms with Gasteiger partial charge in [0.1, 0.15) is 0 Å². The van der Waals surface area contributed by atoms with Gasteiger partial charge in [0.05, 0.1) is 23.6 Å². The zero-order valence-corrected chi connectivity index (χ0v) is 24.3. The van der Waals surface area contributed by atoms with Crippen molar-refractivity contribution in [1.29, 1.82) is 0 Å². The Labute approximate surface area is 235 Å². The van der Waals surface area contributed by atoms with Gasteiger partial charge in [-0.1, -0.05) is 44.2 Å². The summed E-state index contributed by atoms with van der Waals surface area (Å²) < 4.78 is 23.0. The molecule has 2 fully saturated rings. The summed E-state index contributed by atoms with van der Waals surface area (Å²) in [7, 11) is -2.93. The van der Waals surface area contributed by atoms with Crippen LogP contribution in [0, 0.1) is 5.41 Å². The van der Waals surface area contributed by atoms with Gasteiger partial charge in [-0.25, -0.2) is 0 Å². The van der Waals surface area contributed by atoms with Crippen LogP contribution in [0.2, 0.25) is 0 Å². The second-order valence-corrected chi connectivity index (χ2v) is 13.9. The molecule has 1 saturated carbocycles. The third-order valence-electron chi connectivity index (χ3n) is 7.89. The molecule has 2 aromatic rings. The summed E-state index contributed by atoms with van der Waals surface area (Å²) in [4.78, 5) is 13.6. The van der Waals surface area contributed by atoms with Crippen molar-refractivity contribution in [3.63, 3.8) is 0 Å². The Kier molecular flexibility index (Phi) is 9.82. The van der Waals surface area contributed by atoms with E-state index in [0.717, 1.165) is 43.4 Å². The number of aliphatic hydroxyl groups excluding tert-OH is 1. The standard InChI is InChI=1S/C30H46N4O4S/c1-4-31-25-17-23(18-26(19-25)34-14-8-9-15-39(34,37)38)29(36)33-27(16-22-10-6-5-7-11-22)28(35)21-32-24-12-13-30(2,3)20-24/h5-7,10-11,17-19,24,27-28,31-32,35,37-38H,4,8-9,12-16,20-21H2,1-3H3,(H,33,36)/t24?,27-,28-/m0/s1. The van der Waals surface area contributed by atoms with Gasteiger partial charge >= 0.3 is 0 Å². The van der Waals surface area contributed by atoms with E-state index >= 15 is 0 Å². The molecule has 1 aliphatic heterocycles. The van der Waals surface area contributed by atoms with Gasteiger partial charge in [-0.2, -0.15) is 0 Å². The molecule has 1 amide bonds. The number of anilines is 2. The number of amides is 1. The molecule has 0 radical (unpaired) electrons. The zero-order chi connectivity index (χ0) is 28.0. The summed E-state index contributed by atoms with van der Waals surface area (Å²) >= 11 is 0. The summed E-state index contributed by atoms with van der Waals surface area (Å²) in [6, 6.07) is 15.1. The first-order chi connectivity index (χ1) is 18.6. The minimum Gasteiger partial charge on any atom is -0.390 e. The number of rotatable bonds is 11. The van der Waals surface area contributed by atoms with Crippen molar-refractivity contribution in [3.05, 3.63) is 59.7 Å². The Hall–Kier alpha value is -2.30. The van der Waals surface area contributed by atoms with Crippen molar-refractivity contribution in [2.45, 2.75) is 77.5 Å². The monoisotopic (exact) mass is 558 g/mol. The second kappa shape index (κ2) is 12.9. The van der Waals surface area contributed by atoms with Gasteiger partial charge in [0.25, 0.3) is 5.91 Å². The van der Waals surface area contributed by atoms with Gasteiger partial charge in [-0.15, -0.1) is 10.8 Å². The van der Waals surface area contributed by atoms with Crippen LogP contribution in [-0.2, 0) is 6.42 Å². The van der Waals surface area contributed by atoms with Crippen LogP contribution in [0.25, 0.3) is 0 Å². The lowest BCUT2D eigenvalue weighted by atomic mass is 9.92. The molecule has 6 N–H and O–H groups in total. The van der Waals surface area contributed by atoms with Crippen LogP contribution in [-0.4, -0.2) is 63.7 Å². The quantitative estimate of drug-likeness (QED) is 0.223. The highest BCUT2D eigenvalue weighted by Crippen LogP contribution is 2.50. The minimum absolute atomic E-state index is 0.300. The van der Waals surface area contributed by atoms with E-state index in [0.29, 0.717) is 54.5 Å². The molecule has 0 aromatic heterocycles. The number of nitrogens with zero attached hydrogens (tertiary/aromatic N) is 1. The van der Waals surface area contributed by atoms with Crippen LogP contribution < -0.4 is 20.3 Å². The average molecular weight is 559 g/mol. The van der Waals surface area contributed by atoms with Crippen LogP contribution in [0.4, 0.5) is 11.4 Å². The number of benzene rings is 2. The van der Waals surface area contributed by atoms with Gasteiger partial charge in [0, 0.05) is 36.9 Å². The first kappa shape index (κ1) is 29.7. The Morgan fingerprint density at radius 2 is 1.92 bits per heavy atom. The molecule has 4 rings (SSSR count). The molecule has 0 spiro atoms. The highest BCUT2D eigenvalue weighted by Gasteiger charge is 2.32. The summed E-state index contributed by atoms with van der Waals surface area (Å²) in [6.07, 6.45) is 4.68. The van der Waals surface area contributed by atoms with Gasteiger partial charge in [0.15, 0.2) is 0 Å². The van der Waals surface area contributed by atoms with Crippen molar-refractivity contribution in [3.8, 4) is 0 Å². The molecule has 1 saturated heterocycles. The Morgan fingerprint density at radius 3 is 2.59 bits per heavy atom. The highest BCUT2D eigenvalue weighted by molar-refractivity contribution is 8.25. The molecular formula is C30H46N4O4S. The fourth-order valence-electron chi connectivity index (χ4n) is 5.74. The van der Waals surface area contributed by atoms with Crippen molar-refractivity contribution in [1.82, 2.24) is 10.6 Å². The minimum atomic E-state index is -2.93. The molecule has 1 unspecified atom stereocenters. The van der Waals surface area contributed by atoms with E-state index in [-0.39, 0.29) is 5.91 Å². The molecule has 8 nitrogen and oxygen atoms in total. The maximum absolute atomic E-state index is 13.6. The van der Waals surface area contributed by atoms with Crippen LogP contribution in [0.3, 0.4) is 0 Å². The molecule has 2 aromatic carbocycles. The number of carbonyl (C=O) groups excluding carboxylic acids is 1. The number of carbonyl (C=O) groups is 1. The fraction of sp³-hybridized carbons (Fsp3) is 0.567. The van der Waals surface area contributed by atoms with E-state index in [4.69, 9.17) is 0 Å². The molecule has 216 valence electrons. The first-order valence-corrected chi connectivity index (χ1v) is 15.9. The van der Waals surface area contributed by atoms with Gasteiger partial charge in [0.2, 0.25) is 0 Å². The molecule has 0 bridgehead atoms. The van der Waals surface area contributed by atoms with Crippen molar-refractivity contribution in [2.75, 3.05) is 35.0 Å². The van der Waals surface area contributed by atoms with E-state index in [9.17, 15) is 19.0 Å². The molecule has 39 heavy (non-hydrogen) atoms. The lowest BCUT2D eigenvalue weighted by Gasteiger charge is -2.47. The van der Waals surface area contributed by atoms with Crippen molar-refractivity contribution in [2.24, 2.45) is 5.41 Å². The van der Waals surface area contributed by atoms with Gasteiger partial charge in [-0.05, 0) is 74.6 Å². The third kappa shape index (κ3) is 8.11. The number of nitrogens with one attached hydrogen (secondary N) is 3. The SMILES string of the molecule is CCNc1cc(C(=O)N[C@@H](Cc2ccccc2)[C@@H](O)CNC2CCC(C)(C)C2)cc(N2CCCCS2(O)O)c1. The summed E-state index contributed by atoms with van der Waals surface area (Å²) in [5.41, 5.74) is 3.12. The lowest BCUT2D eigenvalue weighted by Crippen LogP contribution is -2.50. The fourth-order valence-corrected chi connectivity index (χ4v) is 7.42. The normalized spacial score (nSPS) is 22.6. The molecule has 1 aliphatic carbocycles. The Balaban J connectivity index is 1.53. The highest BCUT2D eigenvalue weighted by atomic mass is 32.3. The maximum Gasteiger partial charge on any atom is 0.251 e. The number of hydrogen-bond donors (Lipinski definition) is 6. The number of hydrogen-bond acceptors (Lipinski definition) is 7. The molecule has 1 heterocycles. The van der Waals surface area contributed by atoms with Crippen molar-refractivity contribution >= 4 is 28.1 Å². The topological polar surface area (TPSA) is 117 Å². The van der Waals surface area contributed by atoms with Crippen LogP contribution in [0.5, 0.6) is 0 Å². The summed E-state index contributed by atoms with van der Waals surface area (Å²) in [6.45, 7) is 8.13. The van der Waals surface area contributed by atoms with E-state index in [1.54, 1.807) is 16.4 Å². The van der Waals surface area contributed by atoms with Crippen molar-refractivity contribution < 1.29 is 19.0 Å². The zero-order valence-electron chi connectivity index (χ0n) is 23.5. The lowest BCUT2D eigenvalue weighted by molar-refractivity contribution is 0.0824. The van der Waals surface area contributed by atoms with Crippen LogP contribution in [0.1, 0.15) is 68.8 Å². The van der Waals surface area contributed by atoms with Gasteiger partial charge < -0.3 is 21.1 Å².